The number of nitrogens with zero attached hydrogens (tertiary/aromatic N) is 2. The molecule has 1 aromatic heterocycles. The molecule has 2 aromatic rings. The summed E-state index contributed by atoms with van der Waals surface area (Å²) in [5, 5.41) is 8.13. The largest absolute Gasteiger partial charge is 0.497 e. The Morgan fingerprint density at radius 1 is 1.38 bits per heavy atom. The van der Waals surface area contributed by atoms with Crippen molar-refractivity contribution in [3.05, 3.63) is 47.7 Å². The molecule has 0 aliphatic carbocycles. The quantitative estimate of drug-likeness (QED) is 0.714. The Hall–Kier alpha value is -1.75. The van der Waals surface area contributed by atoms with Crippen molar-refractivity contribution in [2.24, 2.45) is 0 Å². The number of rotatable bonds is 7. The fourth-order valence-electron chi connectivity index (χ4n) is 1.82. The van der Waals surface area contributed by atoms with E-state index in [1.165, 1.54) is 0 Å². The SMILES string of the molecule is COc1cccc(/C=C/CCS[C@@H](C)c2nnc(C)o2)c1. The first-order valence-electron chi connectivity index (χ1n) is 6.91. The molecule has 0 N–H and O–H groups in total. The van der Waals surface area contributed by atoms with Crippen LogP contribution >= 0.6 is 11.8 Å². The smallest absolute Gasteiger partial charge is 0.229 e. The third kappa shape index (κ3) is 4.93. The maximum atomic E-state index is 5.42. The van der Waals surface area contributed by atoms with Crippen LogP contribution in [-0.2, 0) is 0 Å². The molecule has 0 unspecified atom stereocenters. The Kier molecular flexibility index (Phi) is 5.87. The van der Waals surface area contributed by atoms with Gasteiger partial charge in [0, 0.05) is 6.92 Å². The maximum absolute atomic E-state index is 5.42. The van der Waals surface area contributed by atoms with Crippen LogP contribution in [0.2, 0.25) is 0 Å². The molecular weight excluding hydrogens is 284 g/mol. The summed E-state index contributed by atoms with van der Waals surface area (Å²) in [4.78, 5) is 0. The fourth-order valence-corrected chi connectivity index (χ4v) is 2.69. The second-order valence-corrected chi connectivity index (χ2v) is 6.09. The van der Waals surface area contributed by atoms with Crippen molar-refractivity contribution in [1.29, 1.82) is 0 Å². The number of thioether (sulfide) groups is 1. The molecule has 0 fully saturated rings. The summed E-state index contributed by atoms with van der Waals surface area (Å²) in [6.45, 7) is 3.90. The van der Waals surface area contributed by atoms with Crippen molar-refractivity contribution in [3.8, 4) is 5.75 Å². The van der Waals surface area contributed by atoms with Crippen LogP contribution in [0.25, 0.3) is 6.08 Å². The molecular formula is C16H20N2O2S. The van der Waals surface area contributed by atoms with E-state index in [1.54, 1.807) is 7.11 Å². The Bertz CT molecular complexity index is 595. The molecule has 0 aliphatic heterocycles. The van der Waals surface area contributed by atoms with E-state index in [-0.39, 0.29) is 5.25 Å². The van der Waals surface area contributed by atoms with Gasteiger partial charge in [-0.1, -0.05) is 24.3 Å². The first kappa shape index (κ1) is 15.6. The van der Waals surface area contributed by atoms with Gasteiger partial charge in [-0.05, 0) is 36.8 Å². The molecule has 0 amide bonds. The third-order valence-corrected chi connectivity index (χ3v) is 4.12. The van der Waals surface area contributed by atoms with Crippen LogP contribution in [0.4, 0.5) is 0 Å². The molecule has 2 rings (SSSR count). The lowest BCUT2D eigenvalue weighted by molar-refractivity contribution is 0.414. The number of aryl methyl sites for hydroxylation is 1. The van der Waals surface area contributed by atoms with Crippen LogP contribution in [0.1, 0.15) is 35.9 Å². The molecule has 0 spiro atoms. The number of hydrogen-bond donors (Lipinski definition) is 0. The number of hydrogen-bond acceptors (Lipinski definition) is 5. The van der Waals surface area contributed by atoms with E-state index in [1.807, 2.05) is 36.9 Å². The Balaban J connectivity index is 1.75. The molecule has 0 radical (unpaired) electrons. The molecule has 1 heterocycles. The zero-order chi connectivity index (χ0) is 15.1. The molecule has 21 heavy (non-hydrogen) atoms. The molecule has 5 heteroatoms. The fraction of sp³-hybridized carbons (Fsp3) is 0.375. The van der Waals surface area contributed by atoms with Crippen molar-refractivity contribution >= 4 is 17.8 Å². The topological polar surface area (TPSA) is 48.2 Å². The van der Waals surface area contributed by atoms with Crippen molar-refractivity contribution in [2.45, 2.75) is 25.5 Å². The summed E-state index contributed by atoms with van der Waals surface area (Å²) < 4.78 is 10.6. The normalized spacial score (nSPS) is 12.7. The summed E-state index contributed by atoms with van der Waals surface area (Å²) >= 11 is 1.81. The summed E-state index contributed by atoms with van der Waals surface area (Å²) in [5.41, 5.74) is 1.15. The second kappa shape index (κ2) is 7.88. The summed E-state index contributed by atoms with van der Waals surface area (Å²) in [6.07, 6.45) is 5.29. The zero-order valence-electron chi connectivity index (χ0n) is 12.6. The highest BCUT2D eigenvalue weighted by Gasteiger charge is 2.11. The van der Waals surface area contributed by atoms with Gasteiger partial charge >= 0.3 is 0 Å². The Labute approximate surface area is 129 Å². The lowest BCUT2D eigenvalue weighted by atomic mass is 10.2. The molecule has 1 aromatic carbocycles. The predicted molar refractivity (Wildman–Crippen MR) is 86.6 cm³/mol. The van der Waals surface area contributed by atoms with E-state index < -0.39 is 0 Å². The van der Waals surface area contributed by atoms with Gasteiger partial charge in [0.2, 0.25) is 11.8 Å². The molecule has 0 saturated carbocycles. The number of allylic oxidation sites excluding steroid dienone is 1. The lowest BCUT2D eigenvalue weighted by Gasteiger charge is -2.04. The van der Waals surface area contributed by atoms with Gasteiger partial charge in [-0.15, -0.1) is 22.0 Å². The first-order valence-corrected chi connectivity index (χ1v) is 7.96. The molecule has 0 bridgehead atoms. The van der Waals surface area contributed by atoms with Gasteiger partial charge < -0.3 is 9.15 Å². The standard InChI is InChI=1S/C16H20N2O2S/c1-12(16-18-17-13(2)20-16)21-10-5-4-7-14-8-6-9-15(11-14)19-3/h4,6-9,11-12H,5,10H2,1-3H3/b7-4+/t12-/m0/s1. The first-order chi connectivity index (χ1) is 10.2. The molecule has 0 saturated heterocycles. The highest BCUT2D eigenvalue weighted by molar-refractivity contribution is 7.99. The maximum Gasteiger partial charge on any atom is 0.229 e. The molecule has 112 valence electrons. The van der Waals surface area contributed by atoms with Gasteiger partial charge in [-0.2, -0.15) is 0 Å². The predicted octanol–water partition coefficient (Wildman–Crippen LogP) is 4.28. The molecule has 4 nitrogen and oxygen atoms in total. The van der Waals surface area contributed by atoms with E-state index in [9.17, 15) is 0 Å². The van der Waals surface area contributed by atoms with Crippen LogP contribution in [0.3, 0.4) is 0 Å². The molecule has 1 atom stereocenters. The number of aromatic nitrogens is 2. The second-order valence-electron chi connectivity index (χ2n) is 4.64. The average molecular weight is 304 g/mol. The highest BCUT2D eigenvalue weighted by atomic mass is 32.2. The van der Waals surface area contributed by atoms with Gasteiger partial charge in [-0.25, -0.2) is 0 Å². The summed E-state index contributed by atoms with van der Waals surface area (Å²) in [7, 11) is 1.68. The van der Waals surface area contributed by atoms with Crippen molar-refractivity contribution in [3.63, 3.8) is 0 Å². The lowest BCUT2D eigenvalue weighted by Crippen LogP contribution is -1.90. The minimum absolute atomic E-state index is 0.233. The summed E-state index contributed by atoms with van der Waals surface area (Å²) in [5.74, 6) is 3.22. The van der Waals surface area contributed by atoms with Gasteiger partial charge in [0.05, 0.1) is 12.4 Å². The average Bonchev–Trinajstić information content (AvgIpc) is 2.93. The van der Waals surface area contributed by atoms with Crippen molar-refractivity contribution in [2.75, 3.05) is 12.9 Å². The minimum atomic E-state index is 0.233. The number of benzene rings is 1. The zero-order valence-corrected chi connectivity index (χ0v) is 13.4. The van der Waals surface area contributed by atoms with E-state index in [0.717, 1.165) is 23.5 Å². The van der Waals surface area contributed by atoms with Crippen LogP contribution in [-0.4, -0.2) is 23.1 Å². The van der Waals surface area contributed by atoms with Gasteiger partial charge in [0.1, 0.15) is 5.75 Å². The van der Waals surface area contributed by atoms with E-state index >= 15 is 0 Å². The Morgan fingerprint density at radius 3 is 2.95 bits per heavy atom. The van der Waals surface area contributed by atoms with Crippen LogP contribution < -0.4 is 4.74 Å². The van der Waals surface area contributed by atoms with E-state index in [4.69, 9.17) is 9.15 Å². The number of ether oxygens (including phenoxy) is 1. The number of methoxy groups -OCH3 is 1. The Morgan fingerprint density at radius 2 is 2.24 bits per heavy atom. The van der Waals surface area contributed by atoms with Crippen LogP contribution in [0.15, 0.2) is 34.8 Å². The van der Waals surface area contributed by atoms with Crippen LogP contribution in [0, 0.1) is 6.92 Å². The third-order valence-electron chi connectivity index (χ3n) is 2.95. The van der Waals surface area contributed by atoms with E-state index in [0.29, 0.717) is 11.8 Å². The van der Waals surface area contributed by atoms with Crippen molar-refractivity contribution in [1.82, 2.24) is 10.2 Å². The highest BCUT2D eigenvalue weighted by Crippen LogP contribution is 2.27. The summed E-state index contributed by atoms with van der Waals surface area (Å²) in [6, 6.07) is 8.03. The monoisotopic (exact) mass is 304 g/mol. The minimum Gasteiger partial charge on any atom is -0.497 e. The van der Waals surface area contributed by atoms with Gasteiger partial charge in [0.15, 0.2) is 0 Å². The van der Waals surface area contributed by atoms with Crippen molar-refractivity contribution < 1.29 is 9.15 Å². The van der Waals surface area contributed by atoms with E-state index in [2.05, 4.69) is 35.3 Å². The van der Waals surface area contributed by atoms with Gasteiger partial charge in [0.25, 0.3) is 0 Å². The molecule has 0 aliphatic rings. The van der Waals surface area contributed by atoms with Crippen LogP contribution in [0.5, 0.6) is 5.75 Å². The van der Waals surface area contributed by atoms with Gasteiger partial charge in [-0.3, -0.25) is 0 Å².